The molecule has 1 aliphatic carbocycles. The Hall–Kier alpha value is -1.03. The predicted octanol–water partition coefficient (Wildman–Crippen LogP) is 4.94. The highest BCUT2D eigenvalue weighted by Gasteiger charge is 2.31. The topological polar surface area (TPSA) is 12.0 Å². The first-order valence-corrected chi connectivity index (χ1v) is 7.41. The number of halogens is 3. The largest absolute Gasteiger partial charge is 0.416 e. The summed E-state index contributed by atoms with van der Waals surface area (Å²) in [6, 6.07) is 5.78. The van der Waals surface area contributed by atoms with E-state index in [-0.39, 0.29) is 6.04 Å². The lowest BCUT2D eigenvalue weighted by atomic mass is 9.92. The van der Waals surface area contributed by atoms with Crippen molar-refractivity contribution in [2.75, 3.05) is 6.54 Å². The summed E-state index contributed by atoms with van der Waals surface area (Å²) >= 11 is 0. The number of rotatable bonds is 5. The lowest BCUT2D eigenvalue weighted by Crippen LogP contribution is -2.23. The molecule has 1 nitrogen and oxygen atoms in total. The standard InChI is InChI=1S/C16H22F3N/c1-2-20-15(10-12-6-3-4-7-12)13-8-5-9-14(11-13)16(17,18)19/h5,8-9,11-12,15,20H,2-4,6-7,10H2,1H3. The van der Waals surface area contributed by atoms with Crippen LogP contribution in [0.15, 0.2) is 24.3 Å². The zero-order valence-electron chi connectivity index (χ0n) is 11.8. The van der Waals surface area contributed by atoms with E-state index in [4.69, 9.17) is 0 Å². The van der Waals surface area contributed by atoms with E-state index < -0.39 is 11.7 Å². The van der Waals surface area contributed by atoms with E-state index in [0.717, 1.165) is 24.6 Å². The number of hydrogen-bond acceptors (Lipinski definition) is 1. The molecule has 0 amide bonds. The second-order valence-electron chi connectivity index (χ2n) is 5.62. The van der Waals surface area contributed by atoms with Crippen molar-refractivity contribution in [1.82, 2.24) is 5.32 Å². The number of alkyl halides is 3. The first kappa shape index (κ1) is 15.4. The van der Waals surface area contributed by atoms with Crippen LogP contribution in [0.2, 0.25) is 0 Å². The molecule has 1 unspecified atom stereocenters. The maximum atomic E-state index is 12.8. The molecular formula is C16H22F3N. The minimum atomic E-state index is -4.26. The monoisotopic (exact) mass is 285 g/mol. The summed E-state index contributed by atoms with van der Waals surface area (Å²) in [5.41, 5.74) is 0.206. The van der Waals surface area contributed by atoms with Crippen molar-refractivity contribution >= 4 is 0 Å². The number of benzene rings is 1. The molecule has 112 valence electrons. The molecule has 0 radical (unpaired) electrons. The Balaban J connectivity index is 2.15. The van der Waals surface area contributed by atoms with E-state index in [9.17, 15) is 13.2 Å². The Labute approximate surface area is 118 Å². The highest BCUT2D eigenvalue weighted by atomic mass is 19.4. The van der Waals surface area contributed by atoms with Crippen LogP contribution in [0.5, 0.6) is 0 Å². The van der Waals surface area contributed by atoms with Crippen LogP contribution in [0.25, 0.3) is 0 Å². The molecule has 4 heteroatoms. The smallest absolute Gasteiger partial charge is 0.310 e. The number of hydrogen-bond donors (Lipinski definition) is 1. The molecule has 0 aliphatic heterocycles. The molecule has 0 spiro atoms. The first-order chi connectivity index (χ1) is 9.50. The summed E-state index contributed by atoms with van der Waals surface area (Å²) in [6.45, 7) is 2.77. The lowest BCUT2D eigenvalue weighted by Gasteiger charge is -2.22. The van der Waals surface area contributed by atoms with Crippen molar-refractivity contribution in [2.45, 2.75) is 51.2 Å². The van der Waals surface area contributed by atoms with Gasteiger partial charge in [-0.15, -0.1) is 0 Å². The summed E-state index contributed by atoms with van der Waals surface area (Å²) in [6.07, 6.45) is 1.61. The summed E-state index contributed by atoms with van der Waals surface area (Å²) in [4.78, 5) is 0. The van der Waals surface area contributed by atoms with Gasteiger partial charge in [0.15, 0.2) is 0 Å². The van der Waals surface area contributed by atoms with Gasteiger partial charge < -0.3 is 5.32 Å². The minimum Gasteiger partial charge on any atom is -0.310 e. The van der Waals surface area contributed by atoms with Crippen LogP contribution in [0, 0.1) is 5.92 Å². The molecule has 0 heterocycles. The van der Waals surface area contributed by atoms with Crippen molar-refractivity contribution < 1.29 is 13.2 Å². The minimum absolute atomic E-state index is 0.0328. The quantitative estimate of drug-likeness (QED) is 0.808. The SMILES string of the molecule is CCNC(CC1CCCC1)c1cccc(C(F)(F)F)c1. The van der Waals surface area contributed by atoms with Gasteiger partial charge in [0.1, 0.15) is 0 Å². The van der Waals surface area contributed by atoms with Gasteiger partial charge >= 0.3 is 6.18 Å². The van der Waals surface area contributed by atoms with Gasteiger partial charge in [-0.25, -0.2) is 0 Å². The zero-order chi connectivity index (χ0) is 14.6. The first-order valence-electron chi connectivity index (χ1n) is 7.41. The fraction of sp³-hybridized carbons (Fsp3) is 0.625. The molecule has 1 aromatic carbocycles. The molecule has 1 fully saturated rings. The summed E-state index contributed by atoms with van der Waals surface area (Å²) < 4.78 is 38.4. The van der Waals surface area contributed by atoms with Crippen molar-refractivity contribution in [3.63, 3.8) is 0 Å². The second kappa shape index (κ2) is 6.61. The summed E-state index contributed by atoms with van der Waals surface area (Å²) in [5, 5.41) is 3.34. The predicted molar refractivity (Wildman–Crippen MR) is 74.4 cm³/mol. The Morgan fingerprint density at radius 3 is 2.55 bits per heavy atom. The van der Waals surface area contributed by atoms with E-state index in [0.29, 0.717) is 5.92 Å². The van der Waals surface area contributed by atoms with E-state index >= 15 is 0 Å². The fourth-order valence-electron chi connectivity index (χ4n) is 3.09. The third kappa shape index (κ3) is 3.98. The van der Waals surface area contributed by atoms with E-state index in [1.54, 1.807) is 6.07 Å². The van der Waals surface area contributed by atoms with Crippen molar-refractivity contribution in [3.05, 3.63) is 35.4 Å². The molecule has 1 aliphatic rings. The third-order valence-electron chi connectivity index (χ3n) is 4.11. The van der Waals surface area contributed by atoms with Crippen LogP contribution >= 0.6 is 0 Å². The van der Waals surface area contributed by atoms with Gasteiger partial charge in [0.2, 0.25) is 0 Å². The second-order valence-corrected chi connectivity index (χ2v) is 5.62. The number of nitrogens with one attached hydrogen (secondary N) is 1. The van der Waals surface area contributed by atoms with Gasteiger partial charge in [0.25, 0.3) is 0 Å². The summed E-state index contributed by atoms with van der Waals surface area (Å²) in [7, 11) is 0. The van der Waals surface area contributed by atoms with Gasteiger partial charge in [-0.2, -0.15) is 13.2 Å². The highest BCUT2D eigenvalue weighted by molar-refractivity contribution is 5.28. The normalized spacial score (nSPS) is 18.4. The van der Waals surface area contributed by atoms with Gasteiger partial charge in [-0.05, 0) is 36.6 Å². The molecule has 1 aromatic rings. The van der Waals surface area contributed by atoms with Crippen LogP contribution in [-0.2, 0) is 6.18 Å². The molecule has 2 rings (SSSR count). The van der Waals surface area contributed by atoms with E-state index in [1.807, 2.05) is 6.92 Å². The van der Waals surface area contributed by atoms with Gasteiger partial charge in [0, 0.05) is 6.04 Å². The molecule has 1 N–H and O–H groups in total. The Kier molecular flexibility index (Phi) is 5.08. The molecule has 20 heavy (non-hydrogen) atoms. The molecule has 1 atom stereocenters. The van der Waals surface area contributed by atoms with Crippen LogP contribution in [0.1, 0.15) is 56.2 Å². The Morgan fingerprint density at radius 1 is 1.25 bits per heavy atom. The van der Waals surface area contributed by atoms with Gasteiger partial charge in [0.05, 0.1) is 5.56 Å². The fourth-order valence-corrected chi connectivity index (χ4v) is 3.09. The maximum absolute atomic E-state index is 12.8. The van der Waals surface area contributed by atoms with E-state index in [1.165, 1.54) is 37.8 Å². The van der Waals surface area contributed by atoms with Crippen LogP contribution < -0.4 is 5.32 Å². The van der Waals surface area contributed by atoms with Crippen molar-refractivity contribution in [3.8, 4) is 0 Å². The Morgan fingerprint density at radius 2 is 1.95 bits per heavy atom. The van der Waals surface area contributed by atoms with Crippen LogP contribution in [0.4, 0.5) is 13.2 Å². The maximum Gasteiger partial charge on any atom is 0.416 e. The van der Waals surface area contributed by atoms with Gasteiger partial charge in [-0.3, -0.25) is 0 Å². The highest BCUT2D eigenvalue weighted by Crippen LogP contribution is 2.35. The van der Waals surface area contributed by atoms with E-state index in [2.05, 4.69) is 5.32 Å². The Bertz CT molecular complexity index is 422. The van der Waals surface area contributed by atoms with Crippen molar-refractivity contribution in [2.24, 2.45) is 5.92 Å². The lowest BCUT2D eigenvalue weighted by molar-refractivity contribution is -0.137. The molecule has 0 bridgehead atoms. The average molecular weight is 285 g/mol. The zero-order valence-corrected chi connectivity index (χ0v) is 11.8. The molecule has 0 aromatic heterocycles. The van der Waals surface area contributed by atoms with Crippen LogP contribution in [-0.4, -0.2) is 6.54 Å². The van der Waals surface area contributed by atoms with Crippen molar-refractivity contribution in [1.29, 1.82) is 0 Å². The van der Waals surface area contributed by atoms with Gasteiger partial charge in [-0.1, -0.05) is 44.7 Å². The average Bonchev–Trinajstić information content (AvgIpc) is 2.90. The third-order valence-corrected chi connectivity index (χ3v) is 4.11. The molecule has 0 saturated heterocycles. The molecular weight excluding hydrogens is 263 g/mol. The molecule has 1 saturated carbocycles. The van der Waals surface area contributed by atoms with Crippen LogP contribution in [0.3, 0.4) is 0 Å². The summed E-state index contributed by atoms with van der Waals surface area (Å²) in [5.74, 6) is 0.647.